The van der Waals surface area contributed by atoms with Crippen molar-refractivity contribution in [1.29, 1.82) is 5.26 Å². The SMILES string of the molecule is CCN(c1ccccc1)c1nnc(C)c(C)c1C#N. The van der Waals surface area contributed by atoms with E-state index in [0.29, 0.717) is 11.4 Å². The minimum Gasteiger partial charge on any atom is -0.324 e. The predicted octanol–water partition coefficient (Wildman–Crippen LogP) is 3.12. The van der Waals surface area contributed by atoms with Gasteiger partial charge < -0.3 is 4.90 Å². The monoisotopic (exact) mass is 252 g/mol. The van der Waals surface area contributed by atoms with E-state index in [1.807, 2.05) is 56.0 Å². The van der Waals surface area contributed by atoms with Gasteiger partial charge >= 0.3 is 0 Å². The van der Waals surface area contributed by atoms with Gasteiger partial charge in [0.05, 0.1) is 5.69 Å². The Kier molecular flexibility index (Phi) is 3.76. The molecule has 4 heteroatoms. The number of benzene rings is 1. The van der Waals surface area contributed by atoms with Crippen LogP contribution in [-0.2, 0) is 0 Å². The van der Waals surface area contributed by atoms with Crippen LogP contribution in [0, 0.1) is 25.2 Å². The summed E-state index contributed by atoms with van der Waals surface area (Å²) in [5.74, 6) is 0.624. The van der Waals surface area contributed by atoms with Crippen LogP contribution in [0.1, 0.15) is 23.7 Å². The standard InChI is InChI=1S/C15H16N4/c1-4-19(13-8-6-5-7-9-13)15-14(10-16)11(2)12(3)17-18-15/h5-9H,4H2,1-3H3. The zero-order chi connectivity index (χ0) is 13.8. The second-order valence-corrected chi connectivity index (χ2v) is 4.30. The number of hydrogen-bond donors (Lipinski definition) is 0. The number of anilines is 2. The van der Waals surface area contributed by atoms with Gasteiger partial charge in [0.1, 0.15) is 11.6 Å². The second kappa shape index (κ2) is 5.49. The van der Waals surface area contributed by atoms with Gasteiger partial charge in [-0.25, -0.2) is 0 Å². The first-order valence-electron chi connectivity index (χ1n) is 6.25. The van der Waals surface area contributed by atoms with E-state index in [1.54, 1.807) is 0 Å². The van der Waals surface area contributed by atoms with E-state index in [1.165, 1.54) is 0 Å². The van der Waals surface area contributed by atoms with Crippen molar-refractivity contribution >= 4 is 11.5 Å². The summed E-state index contributed by atoms with van der Waals surface area (Å²) >= 11 is 0. The van der Waals surface area contributed by atoms with Crippen molar-refractivity contribution in [2.24, 2.45) is 0 Å². The molecule has 0 bridgehead atoms. The molecule has 0 aliphatic rings. The van der Waals surface area contributed by atoms with Crippen LogP contribution >= 0.6 is 0 Å². The Bertz CT molecular complexity index is 614. The van der Waals surface area contributed by atoms with Gasteiger partial charge in [0.15, 0.2) is 5.82 Å². The Morgan fingerprint density at radius 3 is 2.42 bits per heavy atom. The summed E-state index contributed by atoms with van der Waals surface area (Å²) in [5, 5.41) is 17.7. The zero-order valence-corrected chi connectivity index (χ0v) is 11.4. The number of nitrogens with zero attached hydrogens (tertiary/aromatic N) is 4. The number of nitriles is 1. The zero-order valence-electron chi connectivity index (χ0n) is 11.4. The van der Waals surface area contributed by atoms with Gasteiger partial charge in [0.2, 0.25) is 0 Å². The number of hydrogen-bond acceptors (Lipinski definition) is 4. The molecule has 0 aliphatic carbocycles. The highest BCUT2D eigenvalue weighted by Gasteiger charge is 2.17. The molecule has 0 spiro atoms. The fraction of sp³-hybridized carbons (Fsp3) is 0.267. The van der Waals surface area contributed by atoms with Crippen molar-refractivity contribution in [2.45, 2.75) is 20.8 Å². The van der Waals surface area contributed by atoms with E-state index in [0.717, 1.165) is 23.5 Å². The molecule has 2 aromatic rings. The van der Waals surface area contributed by atoms with Gasteiger partial charge in [-0.15, -0.1) is 5.10 Å². The molecule has 0 amide bonds. The maximum atomic E-state index is 9.37. The topological polar surface area (TPSA) is 52.8 Å². The van der Waals surface area contributed by atoms with Crippen LogP contribution in [0.25, 0.3) is 0 Å². The molecule has 0 saturated carbocycles. The highest BCUT2D eigenvalue weighted by atomic mass is 15.3. The van der Waals surface area contributed by atoms with Crippen LogP contribution < -0.4 is 4.90 Å². The summed E-state index contributed by atoms with van der Waals surface area (Å²) in [6.07, 6.45) is 0. The van der Waals surface area contributed by atoms with E-state index in [-0.39, 0.29) is 0 Å². The molecule has 0 atom stereocenters. The van der Waals surface area contributed by atoms with Gasteiger partial charge in [0, 0.05) is 12.2 Å². The Morgan fingerprint density at radius 2 is 1.84 bits per heavy atom. The molecular formula is C15H16N4. The van der Waals surface area contributed by atoms with Gasteiger partial charge in [0.25, 0.3) is 0 Å². The Labute approximate surface area is 113 Å². The van der Waals surface area contributed by atoms with Crippen LogP contribution in [0.5, 0.6) is 0 Å². The van der Waals surface area contributed by atoms with Crippen molar-refractivity contribution in [3.05, 3.63) is 47.2 Å². The maximum Gasteiger partial charge on any atom is 0.173 e. The predicted molar refractivity (Wildman–Crippen MR) is 75.3 cm³/mol. The molecule has 1 aromatic carbocycles. The second-order valence-electron chi connectivity index (χ2n) is 4.30. The third kappa shape index (κ3) is 2.41. The molecule has 0 N–H and O–H groups in total. The lowest BCUT2D eigenvalue weighted by Crippen LogP contribution is -2.20. The molecule has 19 heavy (non-hydrogen) atoms. The summed E-state index contributed by atoms with van der Waals surface area (Å²) in [6.45, 7) is 6.54. The van der Waals surface area contributed by atoms with Crippen molar-refractivity contribution in [1.82, 2.24) is 10.2 Å². The van der Waals surface area contributed by atoms with E-state index >= 15 is 0 Å². The van der Waals surface area contributed by atoms with E-state index in [4.69, 9.17) is 0 Å². The van der Waals surface area contributed by atoms with Crippen molar-refractivity contribution in [3.63, 3.8) is 0 Å². The number of aromatic nitrogens is 2. The van der Waals surface area contributed by atoms with Gasteiger partial charge in [-0.3, -0.25) is 0 Å². The number of para-hydroxylation sites is 1. The first-order valence-corrected chi connectivity index (χ1v) is 6.25. The summed E-state index contributed by atoms with van der Waals surface area (Å²) in [5.41, 5.74) is 3.29. The highest BCUT2D eigenvalue weighted by molar-refractivity contribution is 5.67. The molecule has 2 rings (SSSR count). The van der Waals surface area contributed by atoms with Gasteiger partial charge in [-0.1, -0.05) is 18.2 Å². The van der Waals surface area contributed by atoms with Crippen LogP contribution in [0.4, 0.5) is 11.5 Å². The van der Waals surface area contributed by atoms with Crippen LogP contribution in [0.2, 0.25) is 0 Å². The fourth-order valence-electron chi connectivity index (χ4n) is 1.98. The Balaban J connectivity index is 2.57. The molecule has 0 radical (unpaired) electrons. The molecule has 0 unspecified atom stereocenters. The summed E-state index contributed by atoms with van der Waals surface area (Å²) < 4.78 is 0. The van der Waals surface area contributed by atoms with Gasteiger partial charge in [-0.05, 0) is 38.5 Å². The van der Waals surface area contributed by atoms with Crippen LogP contribution in [0.15, 0.2) is 30.3 Å². The lowest BCUT2D eigenvalue weighted by Gasteiger charge is -2.23. The number of aryl methyl sites for hydroxylation is 1. The van der Waals surface area contributed by atoms with E-state index < -0.39 is 0 Å². The summed E-state index contributed by atoms with van der Waals surface area (Å²) in [4.78, 5) is 2.00. The van der Waals surface area contributed by atoms with Gasteiger partial charge in [-0.2, -0.15) is 10.4 Å². The van der Waals surface area contributed by atoms with E-state index in [2.05, 4.69) is 16.3 Å². The van der Waals surface area contributed by atoms with Crippen LogP contribution in [-0.4, -0.2) is 16.7 Å². The molecule has 96 valence electrons. The molecular weight excluding hydrogens is 236 g/mol. The highest BCUT2D eigenvalue weighted by Crippen LogP contribution is 2.27. The summed E-state index contributed by atoms with van der Waals surface area (Å²) in [6, 6.07) is 12.2. The van der Waals surface area contributed by atoms with E-state index in [9.17, 15) is 5.26 Å². The molecule has 0 aliphatic heterocycles. The largest absolute Gasteiger partial charge is 0.324 e. The molecule has 0 saturated heterocycles. The average Bonchev–Trinajstić information content (AvgIpc) is 2.45. The first kappa shape index (κ1) is 13.0. The molecule has 1 aromatic heterocycles. The van der Waals surface area contributed by atoms with Crippen molar-refractivity contribution < 1.29 is 0 Å². The Morgan fingerprint density at radius 1 is 1.16 bits per heavy atom. The number of rotatable bonds is 3. The fourth-order valence-corrected chi connectivity index (χ4v) is 1.98. The maximum absolute atomic E-state index is 9.37. The Hall–Kier alpha value is -2.41. The summed E-state index contributed by atoms with van der Waals surface area (Å²) in [7, 11) is 0. The average molecular weight is 252 g/mol. The lowest BCUT2D eigenvalue weighted by atomic mass is 10.1. The van der Waals surface area contributed by atoms with Crippen LogP contribution in [0.3, 0.4) is 0 Å². The minimum atomic E-state index is 0.596. The molecule has 1 heterocycles. The minimum absolute atomic E-state index is 0.596. The smallest absolute Gasteiger partial charge is 0.173 e. The first-order chi connectivity index (χ1) is 9.19. The third-order valence-corrected chi connectivity index (χ3v) is 3.19. The molecule has 4 nitrogen and oxygen atoms in total. The van der Waals surface area contributed by atoms with Crippen molar-refractivity contribution in [3.8, 4) is 6.07 Å². The van der Waals surface area contributed by atoms with Crippen molar-refractivity contribution in [2.75, 3.05) is 11.4 Å². The normalized spacial score (nSPS) is 10.0. The third-order valence-electron chi connectivity index (χ3n) is 3.19. The lowest BCUT2D eigenvalue weighted by molar-refractivity contribution is 0.896. The molecule has 0 fully saturated rings. The quantitative estimate of drug-likeness (QED) is 0.842.